The number of nitrogens with zero attached hydrogens (tertiary/aromatic N) is 1. The van der Waals surface area contributed by atoms with Crippen molar-refractivity contribution in [3.05, 3.63) is 64.7 Å². The first-order chi connectivity index (χ1) is 8.75. The Morgan fingerprint density at radius 1 is 1.00 bits per heavy atom. The fourth-order valence-electron chi connectivity index (χ4n) is 1.87. The SMILES string of the molecule is O=c1[nH]c(-c2ccccc2F)nc2ccccc12. The van der Waals surface area contributed by atoms with Gasteiger partial charge in [-0.2, -0.15) is 0 Å². The second kappa shape index (κ2) is 4.07. The molecule has 0 amide bonds. The summed E-state index contributed by atoms with van der Waals surface area (Å²) in [7, 11) is 0. The average molecular weight is 240 g/mol. The predicted octanol–water partition coefficient (Wildman–Crippen LogP) is 2.73. The number of fused-ring (bicyclic) bond motifs is 1. The molecule has 18 heavy (non-hydrogen) atoms. The highest BCUT2D eigenvalue weighted by molar-refractivity contribution is 5.79. The zero-order valence-electron chi connectivity index (χ0n) is 9.35. The summed E-state index contributed by atoms with van der Waals surface area (Å²) < 4.78 is 13.6. The van der Waals surface area contributed by atoms with Crippen molar-refractivity contribution >= 4 is 10.9 Å². The maximum atomic E-state index is 13.6. The topological polar surface area (TPSA) is 45.8 Å². The Morgan fingerprint density at radius 3 is 2.56 bits per heavy atom. The lowest BCUT2D eigenvalue weighted by atomic mass is 10.2. The standard InChI is InChI=1S/C14H9FN2O/c15-11-7-3-1-5-9(11)13-16-12-8-4-2-6-10(12)14(18)17-13/h1-8H,(H,16,17,18). The monoisotopic (exact) mass is 240 g/mol. The quantitative estimate of drug-likeness (QED) is 0.710. The largest absolute Gasteiger partial charge is 0.306 e. The smallest absolute Gasteiger partial charge is 0.259 e. The van der Waals surface area contributed by atoms with Gasteiger partial charge in [-0.05, 0) is 24.3 Å². The molecule has 1 N–H and O–H groups in total. The lowest BCUT2D eigenvalue weighted by Crippen LogP contribution is -2.09. The number of aromatic amines is 1. The number of para-hydroxylation sites is 1. The van der Waals surface area contributed by atoms with Crippen LogP contribution >= 0.6 is 0 Å². The number of halogens is 1. The summed E-state index contributed by atoms with van der Waals surface area (Å²) in [5.41, 5.74) is 0.582. The van der Waals surface area contributed by atoms with Crippen LogP contribution in [0.5, 0.6) is 0 Å². The Hall–Kier alpha value is -2.49. The minimum atomic E-state index is -0.407. The Bertz CT molecular complexity index is 780. The van der Waals surface area contributed by atoms with Crippen LogP contribution in [0.2, 0.25) is 0 Å². The fraction of sp³-hybridized carbons (Fsp3) is 0. The maximum absolute atomic E-state index is 13.6. The molecule has 0 bridgehead atoms. The van der Waals surface area contributed by atoms with Crippen molar-refractivity contribution < 1.29 is 4.39 Å². The molecular weight excluding hydrogens is 231 g/mol. The summed E-state index contributed by atoms with van der Waals surface area (Å²) in [5.74, 6) is -0.160. The van der Waals surface area contributed by atoms with E-state index >= 15 is 0 Å². The van der Waals surface area contributed by atoms with Gasteiger partial charge in [0.1, 0.15) is 11.6 Å². The van der Waals surface area contributed by atoms with E-state index in [1.807, 2.05) is 0 Å². The van der Waals surface area contributed by atoms with E-state index in [1.165, 1.54) is 6.07 Å². The van der Waals surface area contributed by atoms with Crippen molar-refractivity contribution in [3.8, 4) is 11.4 Å². The zero-order valence-corrected chi connectivity index (χ0v) is 9.35. The molecule has 0 saturated heterocycles. The van der Waals surface area contributed by atoms with Crippen molar-refractivity contribution in [1.82, 2.24) is 9.97 Å². The van der Waals surface area contributed by atoms with E-state index in [4.69, 9.17) is 0 Å². The van der Waals surface area contributed by atoms with Crippen LogP contribution in [0.15, 0.2) is 53.3 Å². The molecule has 0 saturated carbocycles. The van der Waals surface area contributed by atoms with Gasteiger partial charge in [0.15, 0.2) is 0 Å². The molecule has 0 aliphatic carbocycles. The molecule has 2 aromatic carbocycles. The van der Waals surface area contributed by atoms with Crippen LogP contribution in [0.4, 0.5) is 4.39 Å². The molecule has 0 aliphatic heterocycles. The number of rotatable bonds is 1. The Balaban J connectivity index is 2.32. The van der Waals surface area contributed by atoms with Crippen LogP contribution in [-0.4, -0.2) is 9.97 Å². The highest BCUT2D eigenvalue weighted by Gasteiger charge is 2.08. The second-order valence-electron chi connectivity index (χ2n) is 3.91. The number of hydrogen-bond donors (Lipinski definition) is 1. The van der Waals surface area contributed by atoms with Gasteiger partial charge in [0.2, 0.25) is 0 Å². The predicted molar refractivity (Wildman–Crippen MR) is 67.8 cm³/mol. The summed E-state index contributed by atoms with van der Waals surface area (Å²) in [6.07, 6.45) is 0. The van der Waals surface area contributed by atoms with Gasteiger partial charge in [-0.1, -0.05) is 24.3 Å². The maximum Gasteiger partial charge on any atom is 0.259 e. The van der Waals surface area contributed by atoms with Gasteiger partial charge in [-0.25, -0.2) is 9.37 Å². The molecule has 3 rings (SSSR count). The molecule has 4 heteroatoms. The molecule has 3 aromatic rings. The Labute approximate surface area is 102 Å². The normalized spacial score (nSPS) is 10.7. The van der Waals surface area contributed by atoms with E-state index in [0.717, 1.165) is 0 Å². The number of aromatic nitrogens is 2. The molecule has 0 spiro atoms. The molecular formula is C14H9FN2O. The first-order valence-corrected chi connectivity index (χ1v) is 5.50. The minimum absolute atomic E-state index is 0.247. The molecule has 1 aromatic heterocycles. The lowest BCUT2D eigenvalue weighted by molar-refractivity contribution is 0.630. The van der Waals surface area contributed by atoms with Crippen molar-refractivity contribution in [2.45, 2.75) is 0 Å². The molecule has 0 unspecified atom stereocenters. The van der Waals surface area contributed by atoms with Crippen LogP contribution in [0.3, 0.4) is 0 Å². The summed E-state index contributed by atoms with van der Waals surface area (Å²) >= 11 is 0. The van der Waals surface area contributed by atoms with Crippen molar-refractivity contribution in [1.29, 1.82) is 0 Å². The molecule has 88 valence electrons. The molecule has 0 fully saturated rings. The van der Waals surface area contributed by atoms with Gasteiger partial charge in [0, 0.05) is 0 Å². The summed E-state index contributed by atoms with van der Waals surface area (Å²) in [4.78, 5) is 18.7. The van der Waals surface area contributed by atoms with Gasteiger partial charge in [-0.15, -0.1) is 0 Å². The average Bonchev–Trinajstić information content (AvgIpc) is 2.39. The highest BCUT2D eigenvalue weighted by Crippen LogP contribution is 2.19. The molecule has 0 aliphatic rings. The third-order valence-corrected chi connectivity index (χ3v) is 2.74. The molecule has 3 nitrogen and oxygen atoms in total. The Kier molecular flexibility index (Phi) is 2.41. The number of nitrogens with one attached hydrogen (secondary N) is 1. The van der Waals surface area contributed by atoms with Crippen molar-refractivity contribution in [2.75, 3.05) is 0 Å². The minimum Gasteiger partial charge on any atom is -0.306 e. The zero-order chi connectivity index (χ0) is 12.5. The first-order valence-electron chi connectivity index (χ1n) is 5.50. The summed E-state index contributed by atoms with van der Waals surface area (Å²) in [6, 6.07) is 13.2. The van der Waals surface area contributed by atoms with Gasteiger partial charge >= 0.3 is 0 Å². The number of hydrogen-bond acceptors (Lipinski definition) is 2. The highest BCUT2D eigenvalue weighted by atomic mass is 19.1. The van der Waals surface area contributed by atoms with Crippen molar-refractivity contribution in [2.24, 2.45) is 0 Å². The van der Waals surface area contributed by atoms with Crippen molar-refractivity contribution in [3.63, 3.8) is 0 Å². The van der Waals surface area contributed by atoms with E-state index in [-0.39, 0.29) is 11.4 Å². The van der Waals surface area contributed by atoms with E-state index < -0.39 is 5.82 Å². The second-order valence-corrected chi connectivity index (χ2v) is 3.91. The molecule has 0 atom stereocenters. The van der Waals surface area contributed by atoms with Gasteiger partial charge in [-0.3, -0.25) is 4.79 Å². The van der Waals surface area contributed by atoms with E-state index in [9.17, 15) is 9.18 Å². The third-order valence-electron chi connectivity index (χ3n) is 2.74. The molecule has 1 heterocycles. The van der Waals surface area contributed by atoms with E-state index in [2.05, 4.69) is 9.97 Å². The lowest BCUT2D eigenvalue weighted by Gasteiger charge is -2.03. The van der Waals surface area contributed by atoms with Gasteiger partial charge in [0.25, 0.3) is 5.56 Å². The summed E-state index contributed by atoms with van der Waals surface area (Å²) in [6.45, 7) is 0. The fourth-order valence-corrected chi connectivity index (χ4v) is 1.87. The first kappa shape index (κ1) is 10.7. The summed E-state index contributed by atoms with van der Waals surface area (Å²) in [5, 5.41) is 0.498. The van der Waals surface area contributed by atoms with Crippen LogP contribution in [0, 0.1) is 5.82 Å². The Morgan fingerprint density at radius 2 is 1.72 bits per heavy atom. The van der Waals surface area contributed by atoms with Crippen LogP contribution in [0.1, 0.15) is 0 Å². The van der Waals surface area contributed by atoms with Gasteiger partial charge in [0.05, 0.1) is 16.5 Å². The van der Waals surface area contributed by atoms with Crippen LogP contribution in [0.25, 0.3) is 22.3 Å². The third kappa shape index (κ3) is 1.68. The number of benzene rings is 2. The van der Waals surface area contributed by atoms with Gasteiger partial charge < -0.3 is 4.98 Å². The van der Waals surface area contributed by atoms with E-state index in [1.54, 1.807) is 42.5 Å². The van der Waals surface area contributed by atoms with Crippen LogP contribution < -0.4 is 5.56 Å². The number of H-pyrrole nitrogens is 1. The van der Waals surface area contributed by atoms with E-state index in [0.29, 0.717) is 16.5 Å². The van der Waals surface area contributed by atoms with Crippen LogP contribution in [-0.2, 0) is 0 Å². The molecule has 0 radical (unpaired) electrons.